The molecule has 0 aliphatic carbocycles. The highest BCUT2D eigenvalue weighted by molar-refractivity contribution is 7.89. The third-order valence-corrected chi connectivity index (χ3v) is 4.75. The topological polar surface area (TPSA) is 103 Å². The second-order valence-electron chi connectivity index (χ2n) is 3.67. The first-order valence-electron chi connectivity index (χ1n) is 5.36. The molecule has 0 radical (unpaired) electrons. The van der Waals surface area contributed by atoms with E-state index in [1.165, 1.54) is 10.9 Å². The fraction of sp³-hybridized carbons (Fsp3) is 0.500. The molecule has 0 spiro atoms. The van der Waals surface area contributed by atoms with Crippen LogP contribution in [-0.4, -0.2) is 35.4 Å². The molecule has 0 saturated carbocycles. The van der Waals surface area contributed by atoms with Gasteiger partial charge < -0.3 is 4.57 Å². The molecule has 9 heteroatoms. The Labute approximate surface area is 116 Å². The first-order valence-corrected chi connectivity index (χ1v) is 7.17. The normalized spacial score (nSPS) is 11.2. The van der Waals surface area contributed by atoms with E-state index in [1.807, 2.05) is 12.1 Å². The fourth-order valence-corrected chi connectivity index (χ4v) is 3.22. The van der Waals surface area contributed by atoms with Crippen LogP contribution in [0.4, 0.5) is 0 Å². The van der Waals surface area contributed by atoms with E-state index >= 15 is 0 Å². The van der Waals surface area contributed by atoms with Gasteiger partial charge in [0.25, 0.3) is 10.0 Å². The summed E-state index contributed by atoms with van der Waals surface area (Å²) in [5.41, 5.74) is 0. The van der Waals surface area contributed by atoms with Crippen molar-refractivity contribution in [2.75, 3.05) is 13.1 Å². The minimum absolute atomic E-state index is 0.00100. The van der Waals surface area contributed by atoms with E-state index in [-0.39, 0.29) is 36.1 Å². The smallest absolute Gasteiger partial charge is 0.263 e. The molecule has 1 aromatic heterocycles. The Morgan fingerprint density at radius 2 is 1.89 bits per heavy atom. The molecule has 1 aromatic rings. The Balaban J connectivity index is 3.09. The number of rotatable bonds is 6. The van der Waals surface area contributed by atoms with Crippen molar-refractivity contribution in [3.8, 4) is 12.1 Å². The highest BCUT2D eigenvalue weighted by Crippen LogP contribution is 2.22. The molecular weight excluding hydrogens is 290 g/mol. The number of aromatic nitrogens is 2. The van der Waals surface area contributed by atoms with Gasteiger partial charge in [0.2, 0.25) is 5.03 Å². The molecule has 0 bridgehead atoms. The van der Waals surface area contributed by atoms with Crippen LogP contribution in [0.1, 0.15) is 12.8 Å². The van der Waals surface area contributed by atoms with Crippen LogP contribution < -0.4 is 0 Å². The SMILES string of the molecule is Cn1cnc(S(=O)(=O)N(CCC#N)CCC#N)c1Cl. The number of nitrogens with zero attached hydrogens (tertiary/aromatic N) is 5. The molecule has 0 unspecified atom stereocenters. The number of hydrogen-bond acceptors (Lipinski definition) is 5. The van der Waals surface area contributed by atoms with Crippen LogP contribution in [0.5, 0.6) is 0 Å². The highest BCUT2D eigenvalue weighted by Gasteiger charge is 2.29. The van der Waals surface area contributed by atoms with Crippen molar-refractivity contribution in [2.45, 2.75) is 17.9 Å². The molecule has 7 nitrogen and oxygen atoms in total. The maximum atomic E-state index is 12.3. The van der Waals surface area contributed by atoms with E-state index in [1.54, 1.807) is 7.05 Å². The number of hydrogen-bond donors (Lipinski definition) is 0. The average Bonchev–Trinajstić information content (AvgIpc) is 2.70. The van der Waals surface area contributed by atoms with Crippen LogP contribution in [0.15, 0.2) is 11.4 Å². The van der Waals surface area contributed by atoms with Crippen LogP contribution in [0.25, 0.3) is 0 Å². The summed E-state index contributed by atoms with van der Waals surface area (Å²) < 4.78 is 27.1. The molecular formula is C10H12ClN5O2S. The summed E-state index contributed by atoms with van der Waals surface area (Å²) in [6.45, 7) is 0.0147. The Kier molecular flexibility index (Phi) is 5.31. The van der Waals surface area contributed by atoms with Crippen molar-refractivity contribution >= 4 is 21.6 Å². The van der Waals surface area contributed by atoms with E-state index in [4.69, 9.17) is 22.1 Å². The van der Waals surface area contributed by atoms with E-state index in [0.717, 1.165) is 4.31 Å². The van der Waals surface area contributed by atoms with Gasteiger partial charge in [0, 0.05) is 33.0 Å². The van der Waals surface area contributed by atoms with Crippen molar-refractivity contribution in [3.05, 3.63) is 11.5 Å². The number of aryl methyl sites for hydroxylation is 1. The standard InChI is InChI=1S/C10H12ClN5O2S/c1-15-8-14-10(9(15)11)19(17,18)16(6-2-4-12)7-3-5-13/h8H,2-3,6-7H2,1H3. The summed E-state index contributed by atoms with van der Waals surface area (Å²) in [6.07, 6.45) is 1.37. The largest absolute Gasteiger partial charge is 0.324 e. The summed E-state index contributed by atoms with van der Waals surface area (Å²) in [6, 6.07) is 3.74. The number of nitriles is 2. The second-order valence-corrected chi connectivity index (χ2v) is 5.88. The monoisotopic (exact) mass is 301 g/mol. The minimum Gasteiger partial charge on any atom is -0.324 e. The average molecular weight is 302 g/mol. The molecule has 0 N–H and O–H groups in total. The third-order valence-electron chi connectivity index (χ3n) is 2.36. The van der Waals surface area contributed by atoms with Crippen LogP contribution in [0.3, 0.4) is 0 Å². The molecule has 0 aliphatic heterocycles. The van der Waals surface area contributed by atoms with Crippen molar-refractivity contribution in [2.24, 2.45) is 7.05 Å². The second kappa shape index (κ2) is 6.53. The lowest BCUT2D eigenvalue weighted by molar-refractivity contribution is 0.423. The maximum absolute atomic E-state index is 12.3. The van der Waals surface area contributed by atoms with Crippen molar-refractivity contribution in [3.63, 3.8) is 0 Å². The van der Waals surface area contributed by atoms with Gasteiger partial charge in [-0.05, 0) is 0 Å². The van der Waals surface area contributed by atoms with Gasteiger partial charge in [-0.3, -0.25) is 0 Å². The molecule has 1 heterocycles. The molecule has 0 saturated heterocycles. The summed E-state index contributed by atoms with van der Waals surface area (Å²) in [5.74, 6) is 0. The Bertz CT molecular complexity index is 607. The zero-order valence-corrected chi connectivity index (χ0v) is 11.8. The van der Waals surface area contributed by atoms with Crippen molar-refractivity contribution < 1.29 is 8.42 Å². The first kappa shape index (κ1) is 15.4. The zero-order valence-electron chi connectivity index (χ0n) is 10.2. The Morgan fingerprint density at radius 1 is 1.37 bits per heavy atom. The zero-order chi connectivity index (χ0) is 14.5. The first-order chi connectivity index (χ1) is 8.95. The van der Waals surface area contributed by atoms with Crippen molar-refractivity contribution in [1.29, 1.82) is 10.5 Å². The molecule has 102 valence electrons. The van der Waals surface area contributed by atoms with Gasteiger partial charge in [-0.15, -0.1) is 0 Å². The summed E-state index contributed by atoms with van der Waals surface area (Å²) in [5, 5.41) is 16.8. The van der Waals surface area contributed by atoms with Gasteiger partial charge in [0.05, 0.1) is 18.5 Å². The van der Waals surface area contributed by atoms with E-state index < -0.39 is 10.0 Å². The lowest BCUT2D eigenvalue weighted by Gasteiger charge is -2.18. The quantitative estimate of drug-likeness (QED) is 0.776. The highest BCUT2D eigenvalue weighted by atomic mass is 35.5. The van der Waals surface area contributed by atoms with Gasteiger partial charge in [0.15, 0.2) is 0 Å². The predicted octanol–water partition coefficient (Wildman–Crippen LogP) is 0.892. The molecule has 0 amide bonds. The van der Waals surface area contributed by atoms with Crippen LogP contribution in [0, 0.1) is 22.7 Å². The van der Waals surface area contributed by atoms with E-state index in [2.05, 4.69) is 4.98 Å². The lowest BCUT2D eigenvalue weighted by Crippen LogP contribution is -2.33. The third kappa shape index (κ3) is 3.44. The van der Waals surface area contributed by atoms with Gasteiger partial charge >= 0.3 is 0 Å². The van der Waals surface area contributed by atoms with Crippen LogP contribution >= 0.6 is 11.6 Å². The van der Waals surface area contributed by atoms with Crippen LogP contribution in [-0.2, 0) is 17.1 Å². The summed E-state index contributed by atoms with van der Waals surface area (Å²) >= 11 is 5.87. The van der Waals surface area contributed by atoms with Gasteiger partial charge in [-0.1, -0.05) is 11.6 Å². The molecule has 0 atom stereocenters. The van der Waals surface area contributed by atoms with Crippen molar-refractivity contribution in [1.82, 2.24) is 13.9 Å². The summed E-state index contributed by atoms with van der Waals surface area (Å²) in [4.78, 5) is 3.76. The van der Waals surface area contributed by atoms with E-state index in [9.17, 15) is 8.42 Å². The number of imidazole rings is 1. The van der Waals surface area contributed by atoms with Gasteiger partial charge in [-0.2, -0.15) is 14.8 Å². The Hall–Kier alpha value is -1.61. The molecule has 0 aromatic carbocycles. The number of sulfonamides is 1. The fourth-order valence-electron chi connectivity index (χ4n) is 1.39. The minimum atomic E-state index is -3.89. The molecule has 19 heavy (non-hydrogen) atoms. The predicted molar refractivity (Wildman–Crippen MR) is 67.4 cm³/mol. The molecule has 0 aliphatic rings. The molecule has 1 rings (SSSR count). The van der Waals surface area contributed by atoms with Gasteiger partial charge in [-0.25, -0.2) is 13.4 Å². The number of halogens is 1. The van der Waals surface area contributed by atoms with E-state index in [0.29, 0.717) is 0 Å². The van der Waals surface area contributed by atoms with Crippen LogP contribution in [0.2, 0.25) is 5.15 Å². The molecule has 0 fully saturated rings. The maximum Gasteiger partial charge on any atom is 0.263 e. The Morgan fingerprint density at radius 3 is 2.26 bits per heavy atom. The summed E-state index contributed by atoms with van der Waals surface area (Å²) in [7, 11) is -2.32. The lowest BCUT2D eigenvalue weighted by atomic mass is 10.4. The van der Waals surface area contributed by atoms with Gasteiger partial charge in [0.1, 0.15) is 5.15 Å².